The Hall–Kier alpha value is -1.56. The van der Waals surface area contributed by atoms with E-state index in [-0.39, 0.29) is 11.5 Å². The maximum atomic E-state index is 10.1. The highest BCUT2D eigenvalue weighted by molar-refractivity contribution is 5.20. The first-order valence-electron chi connectivity index (χ1n) is 2.88. The van der Waals surface area contributed by atoms with Crippen molar-refractivity contribution in [2.24, 2.45) is 5.73 Å². The van der Waals surface area contributed by atoms with Crippen LogP contribution in [0.5, 0.6) is 0 Å². The molecule has 1 atom stereocenters. The largest absolute Gasteiger partial charge is 0.508 e. The average Bonchev–Trinajstić information content (AvgIpc) is 1.94. The van der Waals surface area contributed by atoms with E-state index < -0.39 is 11.1 Å². The zero-order chi connectivity index (χ0) is 8.43. The van der Waals surface area contributed by atoms with Gasteiger partial charge in [0.05, 0.1) is 17.2 Å². The number of nitrogens with zero attached hydrogens (tertiary/aromatic N) is 1. The molecule has 0 aromatic rings. The average molecular weight is 157 g/mol. The Morgan fingerprint density at radius 2 is 2.45 bits per heavy atom. The second-order valence-electron chi connectivity index (χ2n) is 2.04. The number of hydrogen-bond donors (Lipinski definition) is 3. The molecule has 4 N–H and O–H groups in total. The summed E-state index contributed by atoms with van der Waals surface area (Å²) in [6.45, 7) is 0. The van der Waals surface area contributed by atoms with Gasteiger partial charge in [0.1, 0.15) is 11.9 Å². The SMILES string of the molecule is NC1NC=C([N+](=O)[O-])C=C1O. The van der Waals surface area contributed by atoms with Crippen LogP contribution in [-0.2, 0) is 0 Å². The summed E-state index contributed by atoms with van der Waals surface area (Å²) in [4.78, 5) is 9.49. The van der Waals surface area contributed by atoms with Crippen LogP contribution < -0.4 is 11.1 Å². The maximum absolute atomic E-state index is 10.1. The Kier molecular flexibility index (Phi) is 1.77. The molecule has 0 aromatic carbocycles. The topological polar surface area (TPSA) is 101 Å². The van der Waals surface area contributed by atoms with Crippen molar-refractivity contribution >= 4 is 0 Å². The van der Waals surface area contributed by atoms with E-state index in [1.54, 1.807) is 0 Å². The summed E-state index contributed by atoms with van der Waals surface area (Å²) in [5, 5.41) is 21.5. The van der Waals surface area contributed by atoms with Crippen LogP contribution in [0.25, 0.3) is 0 Å². The molecular formula is C5H7N3O3. The summed E-state index contributed by atoms with van der Waals surface area (Å²) in [5.41, 5.74) is 5.04. The van der Waals surface area contributed by atoms with Gasteiger partial charge in [-0.05, 0) is 0 Å². The van der Waals surface area contributed by atoms with E-state index in [2.05, 4.69) is 5.32 Å². The number of aliphatic hydroxyl groups is 1. The van der Waals surface area contributed by atoms with Crippen LogP contribution in [-0.4, -0.2) is 16.2 Å². The van der Waals surface area contributed by atoms with Crippen LogP contribution >= 0.6 is 0 Å². The number of dihydropyridines is 1. The van der Waals surface area contributed by atoms with Crippen LogP contribution in [0.15, 0.2) is 23.7 Å². The van der Waals surface area contributed by atoms with Gasteiger partial charge in [0.15, 0.2) is 0 Å². The molecule has 6 heteroatoms. The van der Waals surface area contributed by atoms with Crippen molar-refractivity contribution in [3.05, 3.63) is 33.8 Å². The lowest BCUT2D eigenvalue weighted by atomic mass is 10.2. The predicted octanol–water partition coefficient (Wildman–Crippen LogP) is -0.566. The molecule has 1 aliphatic heterocycles. The molecule has 1 aliphatic rings. The first kappa shape index (κ1) is 7.55. The molecule has 0 saturated carbocycles. The Labute approximate surface area is 62.2 Å². The molecule has 0 aliphatic carbocycles. The van der Waals surface area contributed by atoms with Crippen LogP contribution in [0.4, 0.5) is 0 Å². The molecule has 0 aromatic heterocycles. The third kappa shape index (κ3) is 1.47. The Balaban J connectivity index is 2.83. The van der Waals surface area contributed by atoms with Crippen molar-refractivity contribution in [1.29, 1.82) is 0 Å². The van der Waals surface area contributed by atoms with Crippen molar-refractivity contribution in [2.75, 3.05) is 0 Å². The van der Waals surface area contributed by atoms with Gasteiger partial charge in [0, 0.05) is 0 Å². The smallest absolute Gasteiger partial charge is 0.288 e. The van der Waals surface area contributed by atoms with Gasteiger partial charge in [0.2, 0.25) is 0 Å². The first-order chi connectivity index (χ1) is 5.11. The molecule has 0 radical (unpaired) electrons. The fraction of sp³-hybridized carbons (Fsp3) is 0.200. The maximum Gasteiger partial charge on any atom is 0.288 e. The van der Waals surface area contributed by atoms with E-state index in [0.717, 1.165) is 12.3 Å². The molecule has 0 amide bonds. The second-order valence-corrected chi connectivity index (χ2v) is 2.04. The lowest BCUT2D eigenvalue weighted by Crippen LogP contribution is -2.38. The minimum Gasteiger partial charge on any atom is -0.508 e. The number of hydrogen-bond acceptors (Lipinski definition) is 5. The van der Waals surface area contributed by atoms with E-state index in [0.29, 0.717) is 0 Å². The molecule has 0 spiro atoms. The van der Waals surface area contributed by atoms with Crippen molar-refractivity contribution < 1.29 is 10.0 Å². The van der Waals surface area contributed by atoms with Crippen LogP contribution in [0.2, 0.25) is 0 Å². The molecule has 60 valence electrons. The summed E-state index contributed by atoms with van der Waals surface area (Å²) in [5.74, 6) is -0.237. The van der Waals surface area contributed by atoms with Gasteiger partial charge in [-0.1, -0.05) is 0 Å². The van der Waals surface area contributed by atoms with E-state index in [4.69, 9.17) is 10.8 Å². The molecule has 11 heavy (non-hydrogen) atoms. The van der Waals surface area contributed by atoms with Gasteiger partial charge in [-0.3, -0.25) is 10.1 Å². The van der Waals surface area contributed by atoms with E-state index in [9.17, 15) is 10.1 Å². The number of rotatable bonds is 1. The molecule has 0 saturated heterocycles. The predicted molar refractivity (Wildman–Crippen MR) is 36.9 cm³/mol. The highest BCUT2D eigenvalue weighted by Crippen LogP contribution is 2.06. The zero-order valence-electron chi connectivity index (χ0n) is 5.52. The van der Waals surface area contributed by atoms with E-state index in [1.165, 1.54) is 0 Å². The summed E-state index contributed by atoms with van der Waals surface area (Å²) in [6.07, 6.45) is 1.42. The Morgan fingerprint density at radius 3 is 2.91 bits per heavy atom. The summed E-state index contributed by atoms with van der Waals surface area (Å²) in [6, 6.07) is 0. The van der Waals surface area contributed by atoms with Gasteiger partial charge >= 0.3 is 0 Å². The number of allylic oxidation sites excluding steroid dienone is 1. The van der Waals surface area contributed by atoms with Gasteiger partial charge in [-0.2, -0.15) is 0 Å². The minimum absolute atomic E-state index is 0.204. The summed E-state index contributed by atoms with van der Waals surface area (Å²) in [7, 11) is 0. The standard InChI is InChI=1S/C5H7N3O3/c6-5-4(9)1-3(2-7-5)8(10)11/h1-2,5,7,9H,6H2. The summed E-state index contributed by atoms with van der Waals surface area (Å²) < 4.78 is 0. The van der Waals surface area contributed by atoms with Gasteiger partial charge < -0.3 is 16.2 Å². The number of nitrogens with one attached hydrogen (secondary N) is 1. The van der Waals surface area contributed by atoms with Crippen LogP contribution in [0.3, 0.4) is 0 Å². The monoisotopic (exact) mass is 157 g/mol. The molecule has 0 bridgehead atoms. The second kappa shape index (κ2) is 2.59. The number of aliphatic hydroxyl groups excluding tert-OH is 1. The lowest BCUT2D eigenvalue weighted by molar-refractivity contribution is -0.420. The molecule has 0 fully saturated rings. The normalized spacial score (nSPS) is 23.2. The first-order valence-corrected chi connectivity index (χ1v) is 2.88. The van der Waals surface area contributed by atoms with Gasteiger partial charge in [-0.25, -0.2) is 0 Å². The van der Waals surface area contributed by atoms with Crippen molar-refractivity contribution in [2.45, 2.75) is 6.17 Å². The fourth-order valence-corrected chi connectivity index (χ4v) is 0.649. The highest BCUT2D eigenvalue weighted by Gasteiger charge is 2.18. The minimum atomic E-state index is -0.737. The van der Waals surface area contributed by atoms with E-state index >= 15 is 0 Å². The molecule has 6 nitrogen and oxygen atoms in total. The molecule has 1 rings (SSSR count). The Bertz CT molecular complexity index is 245. The fourth-order valence-electron chi connectivity index (χ4n) is 0.649. The van der Waals surface area contributed by atoms with E-state index in [1.807, 2.05) is 0 Å². The zero-order valence-corrected chi connectivity index (χ0v) is 5.52. The highest BCUT2D eigenvalue weighted by atomic mass is 16.6. The van der Waals surface area contributed by atoms with Crippen LogP contribution in [0, 0.1) is 10.1 Å². The molecular weight excluding hydrogens is 150 g/mol. The van der Waals surface area contributed by atoms with Crippen molar-refractivity contribution in [1.82, 2.24) is 5.32 Å². The quantitative estimate of drug-likeness (QED) is 0.349. The summed E-state index contributed by atoms with van der Waals surface area (Å²) >= 11 is 0. The van der Waals surface area contributed by atoms with Crippen LogP contribution in [0.1, 0.15) is 0 Å². The van der Waals surface area contributed by atoms with Gasteiger partial charge in [-0.15, -0.1) is 0 Å². The third-order valence-corrected chi connectivity index (χ3v) is 1.24. The number of nitro groups is 1. The molecule has 1 unspecified atom stereocenters. The number of nitrogens with two attached hydrogens (primary N) is 1. The van der Waals surface area contributed by atoms with Crippen molar-refractivity contribution in [3.63, 3.8) is 0 Å². The third-order valence-electron chi connectivity index (χ3n) is 1.24. The molecule has 1 heterocycles. The van der Waals surface area contributed by atoms with Crippen molar-refractivity contribution in [3.8, 4) is 0 Å². The Morgan fingerprint density at radius 1 is 1.82 bits per heavy atom. The van der Waals surface area contributed by atoms with Gasteiger partial charge in [0.25, 0.3) is 5.70 Å². The lowest BCUT2D eigenvalue weighted by Gasteiger charge is -2.13.